The molecule has 1 amide bonds. The summed E-state index contributed by atoms with van der Waals surface area (Å²) < 4.78 is 19.3. The van der Waals surface area contributed by atoms with Gasteiger partial charge in [0.15, 0.2) is 0 Å². The molecule has 3 aromatic rings. The van der Waals surface area contributed by atoms with Gasteiger partial charge in [0.2, 0.25) is 11.7 Å². The van der Waals surface area contributed by atoms with E-state index in [4.69, 9.17) is 4.52 Å². The molecule has 1 saturated carbocycles. The average molecular weight is 410 g/mol. The molecule has 4 rings (SSSR count). The maximum Gasteiger partial charge on any atom is 0.442 e. The first-order valence-electron chi connectivity index (χ1n) is 10.1. The van der Waals surface area contributed by atoms with Crippen molar-refractivity contribution in [1.82, 2.24) is 19.6 Å². The molecule has 7 nitrogen and oxygen atoms in total. The number of amides is 1. The minimum Gasteiger partial charge on any atom is -0.334 e. The van der Waals surface area contributed by atoms with Crippen molar-refractivity contribution in [2.45, 2.75) is 51.2 Å². The van der Waals surface area contributed by atoms with Crippen molar-refractivity contribution in [3.8, 4) is 11.5 Å². The number of hydrogen-bond donors (Lipinski definition) is 0. The Balaban J connectivity index is 1.60. The van der Waals surface area contributed by atoms with Crippen LogP contribution in [0.4, 0.5) is 4.39 Å². The van der Waals surface area contributed by atoms with Gasteiger partial charge in [0.1, 0.15) is 18.1 Å². The molecule has 0 aliphatic heterocycles. The first-order valence-corrected chi connectivity index (χ1v) is 10.1. The molecular formula is C22H23FN4O3. The van der Waals surface area contributed by atoms with Crippen LogP contribution in [0.5, 0.6) is 0 Å². The Hall–Kier alpha value is -3.29. The van der Waals surface area contributed by atoms with E-state index in [0.717, 1.165) is 37.7 Å². The van der Waals surface area contributed by atoms with Gasteiger partial charge < -0.3 is 4.90 Å². The van der Waals surface area contributed by atoms with Gasteiger partial charge in [0.25, 0.3) is 0 Å². The Morgan fingerprint density at radius 1 is 1.13 bits per heavy atom. The van der Waals surface area contributed by atoms with Crippen LogP contribution >= 0.6 is 0 Å². The van der Waals surface area contributed by atoms with Gasteiger partial charge in [0.05, 0.1) is 0 Å². The van der Waals surface area contributed by atoms with Gasteiger partial charge in [-0.1, -0.05) is 42.6 Å². The highest BCUT2D eigenvalue weighted by molar-refractivity contribution is 5.77. The van der Waals surface area contributed by atoms with Gasteiger partial charge in [-0.3, -0.25) is 14.3 Å². The monoisotopic (exact) mass is 410 g/mol. The molecule has 0 bridgehead atoms. The van der Waals surface area contributed by atoms with Crippen LogP contribution in [-0.2, 0) is 17.9 Å². The lowest BCUT2D eigenvalue weighted by molar-refractivity contribution is -0.135. The second-order valence-electron chi connectivity index (χ2n) is 7.51. The van der Waals surface area contributed by atoms with E-state index in [1.807, 2.05) is 0 Å². The normalized spacial score (nSPS) is 14.6. The van der Waals surface area contributed by atoms with Gasteiger partial charge in [-0.25, -0.2) is 13.8 Å². The van der Waals surface area contributed by atoms with Crippen LogP contribution in [0.1, 0.15) is 37.7 Å². The summed E-state index contributed by atoms with van der Waals surface area (Å²) in [6, 6.07) is 11.5. The Bertz CT molecular complexity index is 1040. The molecule has 0 atom stereocenters. The summed E-state index contributed by atoms with van der Waals surface area (Å²) in [5.41, 5.74) is 1.30. The molecule has 1 fully saturated rings. The van der Waals surface area contributed by atoms with Crippen molar-refractivity contribution in [1.29, 1.82) is 0 Å². The Kier molecular flexibility index (Phi) is 6.02. The van der Waals surface area contributed by atoms with Crippen LogP contribution in [0.25, 0.3) is 11.5 Å². The van der Waals surface area contributed by atoms with E-state index in [1.54, 1.807) is 41.4 Å². The third-order valence-electron chi connectivity index (χ3n) is 5.48. The molecule has 2 aromatic heterocycles. The Morgan fingerprint density at radius 2 is 1.90 bits per heavy atom. The van der Waals surface area contributed by atoms with Gasteiger partial charge in [0, 0.05) is 18.8 Å². The van der Waals surface area contributed by atoms with Crippen molar-refractivity contribution >= 4 is 5.91 Å². The van der Waals surface area contributed by atoms with E-state index >= 15 is 0 Å². The van der Waals surface area contributed by atoms with Crippen LogP contribution in [0, 0.1) is 5.82 Å². The van der Waals surface area contributed by atoms with E-state index in [-0.39, 0.29) is 30.1 Å². The third kappa shape index (κ3) is 4.48. The molecule has 0 N–H and O–H groups in total. The summed E-state index contributed by atoms with van der Waals surface area (Å²) in [4.78, 5) is 31.6. The third-order valence-corrected chi connectivity index (χ3v) is 5.48. The summed E-state index contributed by atoms with van der Waals surface area (Å²) in [6.07, 6.45) is 6.69. The standard InChI is InChI=1S/C22H23FN4O3/c23-17-11-9-16(10-12-17)14-26(18-6-2-1-3-7-18)20(28)15-27-21(25-30-22(27)29)19-8-4-5-13-24-19/h4-5,8-13,18H,1-3,6-7,14-15H2. The van der Waals surface area contributed by atoms with Crippen molar-refractivity contribution in [3.63, 3.8) is 0 Å². The molecular weight excluding hydrogens is 387 g/mol. The fraction of sp³-hybridized carbons (Fsp3) is 0.364. The minimum atomic E-state index is -0.700. The number of nitrogens with zero attached hydrogens (tertiary/aromatic N) is 4. The highest BCUT2D eigenvalue weighted by atomic mass is 19.1. The first-order chi connectivity index (χ1) is 14.6. The summed E-state index contributed by atoms with van der Waals surface area (Å²) in [6.45, 7) is 0.175. The zero-order chi connectivity index (χ0) is 20.9. The SMILES string of the molecule is O=C(Cn1c(-c2ccccn2)noc1=O)N(Cc1ccc(F)cc1)C1CCCCC1. The van der Waals surface area contributed by atoms with Crippen LogP contribution in [0.15, 0.2) is 58.0 Å². The number of aromatic nitrogens is 3. The quantitative estimate of drug-likeness (QED) is 0.622. The second-order valence-corrected chi connectivity index (χ2v) is 7.51. The molecule has 1 aromatic carbocycles. The fourth-order valence-electron chi connectivity index (χ4n) is 3.91. The van der Waals surface area contributed by atoms with Gasteiger partial charge in [-0.15, -0.1) is 0 Å². The molecule has 8 heteroatoms. The highest BCUT2D eigenvalue weighted by Crippen LogP contribution is 2.25. The van der Waals surface area contributed by atoms with E-state index in [1.165, 1.54) is 16.7 Å². The lowest BCUT2D eigenvalue weighted by Crippen LogP contribution is -2.43. The number of carbonyl (C=O) groups is 1. The lowest BCUT2D eigenvalue weighted by atomic mass is 9.93. The molecule has 0 spiro atoms. The van der Waals surface area contributed by atoms with Crippen molar-refractivity contribution in [2.75, 3.05) is 0 Å². The maximum absolute atomic E-state index is 13.3. The number of rotatable bonds is 6. The van der Waals surface area contributed by atoms with E-state index < -0.39 is 5.76 Å². The van der Waals surface area contributed by atoms with E-state index in [9.17, 15) is 14.0 Å². The fourth-order valence-corrected chi connectivity index (χ4v) is 3.91. The summed E-state index contributed by atoms with van der Waals surface area (Å²) in [5, 5.41) is 3.81. The predicted molar refractivity (Wildman–Crippen MR) is 108 cm³/mol. The second kappa shape index (κ2) is 9.02. The number of hydrogen-bond acceptors (Lipinski definition) is 5. The van der Waals surface area contributed by atoms with Crippen LogP contribution < -0.4 is 5.76 Å². The van der Waals surface area contributed by atoms with Crippen LogP contribution in [0.3, 0.4) is 0 Å². The zero-order valence-corrected chi connectivity index (χ0v) is 16.5. The van der Waals surface area contributed by atoms with Gasteiger partial charge in [-0.05, 0) is 42.7 Å². The number of halogens is 1. The molecule has 0 unspecified atom stereocenters. The average Bonchev–Trinajstić information content (AvgIpc) is 3.14. The topological polar surface area (TPSA) is 81.2 Å². The van der Waals surface area contributed by atoms with Crippen LogP contribution in [0.2, 0.25) is 0 Å². The predicted octanol–water partition coefficient (Wildman–Crippen LogP) is 3.40. The number of benzene rings is 1. The zero-order valence-electron chi connectivity index (χ0n) is 16.5. The van der Waals surface area contributed by atoms with Crippen LogP contribution in [-0.4, -0.2) is 31.6 Å². The number of carbonyl (C=O) groups excluding carboxylic acids is 1. The summed E-state index contributed by atoms with van der Waals surface area (Å²) >= 11 is 0. The van der Waals surface area contributed by atoms with Crippen molar-refractivity contribution in [2.24, 2.45) is 0 Å². The summed E-state index contributed by atoms with van der Waals surface area (Å²) in [7, 11) is 0. The van der Waals surface area contributed by atoms with Crippen molar-refractivity contribution < 1.29 is 13.7 Å². The molecule has 0 radical (unpaired) electrons. The Labute approximate surface area is 173 Å². The first kappa shape index (κ1) is 20.0. The molecule has 2 heterocycles. The van der Waals surface area contributed by atoms with Crippen molar-refractivity contribution in [3.05, 3.63) is 70.6 Å². The molecule has 0 saturated heterocycles. The molecule has 1 aliphatic carbocycles. The minimum absolute atomic E-state index is 0.0881. The maximum atomic E-state index is 13.3. The highest BCUT2D eigenvalue weighted by Gasteiger charge is 2.27. The molecule has 156 valence electrons. The van der Waals surface area contributed by atoms with E-state index in [2.05, 4.69) is 10.1 Å². The number of pyridine rings is 1. The smallest absolute Gasteiger partial charge is 0.334 e. The van der Waals surface area contributed by atoms with Gasteiger partial charge >= 0.3 is 5.76 Å². The van der Waals surface area contributed by atoms with Gasteiger partial charge in [-0.2, -0.15) is 0 Å². The largest absolute Gasteiger partial charge is 0.442 e. The molecule has 30 heavy (non-hydrogen) atoms. The lowest BCUT2D eigenvalue weighted by Gasteiger charge is -2.34. The molecule has 1 aliphatic rings. The van der Waals surface area contributed by atoms with E-state index in [0.29, 0.717) is 12.2 Å². The summed E-state index contributed by atoms with van der Waals surface area (Å²) in [5.74, 6) is -0.993. The Morgan fingerprint density at radius 3 is 2.60 bits per heavy atom.